The maximum Gasteiger partial charge on any atom is 0.244 e. The summed E-state index contributed by atoms with van der Waals surface area (Å²) in [7, 11) is 0. The average molecular weight is 303 g/mol. The Bertz CT molecular complexity index is 646. The lowest BCUT2D eigenvalue weighted by atomic mass is 10.1. The van der Waals surface area contributed by atoms with E-state index in [-0.39, 0.29) is 11.9 Å². The summed E-state index contributed by atoms with van der Waals surface area (Å²) >= 11 is 1.61. The molecule has 1 saturated heterocycles. The average Bonchev–Trinajstić information content (AvgIpc) is 2.91. The van der Waals surface area contributed by atoms with Crippen LogP contribution in [0.3, 0.4) is 0 Å². The summed E-state index contributed by atoms with van der Waals surface area (Å²) in [5.41, 5.74) is 2.20. The number of benzene rings is 1. The maximum atomic E-state index is 12.4. The van der Waals surface area contributed by atoms with Crippen LogP contribution < -0.4 is 5.32 Å². The third-order valence-electron chi connectivity index (χ3n) is 4.00. The predicted octanol–water partition coefficient (Wildman–Crippen LogP) is 3.42. The number of likely N-dealkylation sites (tertiary alicyclic amines) is 1. The summed E-state index contributed by atoms with van der Waals surface area (Å²) in [5, 5.41) is 4.10. The lowest BCUT2D eigenvalue weighted by molar-refractivity contribution is -0.132. The Morgan fingerprint density at radius 1 is 1.33 bits per heavy atom. The first-order valence-electron chi connectivity index (χ1n) is 7.56. The Kier molecular flexibility index (Phi) is 4.10. The molecular formula is C16H21N3OS. The molecule has 1 aromatic carbocycles. The fourth-order valence-electron chi connectivity index (χ4n) is 2.78. The lowest BCUT2D eigenvalue weighted by Crippen LogP contribution is -2.43. The Morgan fingerprint density at radius 3 is 2.81 bits per heavy atom. The molecule has 1 N–H and O–H groups in total. The second-order valence-corrected chi connectivity index (χ2v) is 6.72. The topological polar surface area (TPSA) is 45.2 Å². The second kappa shape index (κ2) is 6.02. The van der Waals surface area contributed by atoms with Crippen LogP contribution in [0, 0.1) is 6.92 Å². The third-order valence-corrected chi connectivity index (χ3v) is 4.95. The number of carbonyl (C=O) groups is 1. The van der Waals surface area contributed by atoms with Crippen LogP contribution in [0.2, 0.25) is 0 Å². The molecule has 2 heterocycles. The minimum Gasteiger partial charge on any atom is -0.350 e. The van der Waals surface area contributed by atoms with E-state index >= 15 is 0 Å². The Morgan fingerprint density at radius 2 is 2.10 bits per heavy atom. The van der Waals surface area contributed by atoms with Crippen LogP contribution in [0.1, 0.15) is 31.7 Å². The number of piperidine rings is 1. The van der Waals surface area contributed by atoms with E-state index < -0.39 is 0 Å². The number of para-hydroxylation sites is 1. The Balaban J connectivity index is 1.72. The number of amides is 1. The highest BCUT2D eigenvalue weighted by molar-refractivity contribution is 7.22. The van der Waals surface area contributed by atoms with Gasteiger partial charge >= 0.3 is 0 Å². The van der Waals surface area contributed by atoms with E-state index in [0.29, 0.717) is 0 Å². The highest BCUT2D eigenvalue weighted by atomic mass is 32.1. The fourth-order valence-corrected chi connectivity index (χ4v) is 3.81. The van der Waals surface area contributed by atoms with Crippen LogP contribution >= 0.6 is 11.3 Å². The number of nitrogens with zero attached hydrogens (tertiary/aromatic N) is 2. The van der Waals surface area contributed by atoms with Crippen LogP contribution in [0.4, 0.5) is 5.13 Å². The standard InChI is InChI=1S/C16H21N3OS/c1-11-7-6-8-13-14(11)18-16(21-13)17-12(2)15(20)19-9-4-3-5-10-19/h6-8,12H,3-5,9-10H2,1-2H3,(H,17,18). The van der Waals surface area contributed by atoms with Gasteiger partial charge in [-0.05, 0) is 44.7 Å². The van der Waals surface area contributed by atoms with Crippen molar-refractivity contribution in [2.75, 3.05) is 18.4 Å². The maximum absolute atomic E-state index is 12.4. The van der Waals surface area contributed by atoms with E-state index in [2.05, 4.69) is 29.4 Å². The number of anilines is 1. The number of hydrogen-bond donors (Lipinski definition) is 1. The van der Waals surface area contributed by atoms with Gasteiger partial charge in [-0.2, -0.15) is 0 Å². The molecule has 1 atom stereocenters. The molecule has 2 aromatic rings. The number of aryl methyl sites for hydroxylation is 1. The molecule has 0 aliphatic carbocycles. The van der Waals surface area contributed by atoms with Gasteiger partial charge in [-0.1, -0.05) is 23.5 Å². The zero-order chi connectivity index (χ0) is 14.8. The van der Waals surface area contributed by atoms with Crippen molar-refractivity contribution in [2.24, 2.45) is 0 Å². The van der Waals surface area contributed by atoms with E-state index in [0.717, 1.165) is 41.3 Å². The quantitative estimate of drug-likeness (QED) is 0.945. The monoisotopic (exact) mass is 303 g/mol. The molecule has 1 aliphatic rings. The summed E-state index contributed by atoms with van der Waals surface area (Å²) in [6.07, 6.45) is 3.49. The largest absolute Gasteiger partial charge is 0.350 e. The Labute approximate surface area is 129 Å². The minimum absolute atomic E-state index is 0.186. The summed E-state index contributed by atoms with van der Waals surface area (Å²) in [5.74, 6) is 0.186. The zero-order valence-electron chi connectivity index (χ0n) is 12.6. The van der Waals surface area contributed by atoms with Crippen molar-refractivity contribution < 1.29 is 4.79 Å². The number of aromatic nitrogens is 1. The van der Waals surface area contributed by atoms with Gasteiger partial charge in [-0.3, -0.25) is 4.79 Å². The summed E-state index contributed by atoms with van der Waals surface area (Å²) < 4.78 is 1.16. The third kappa shape index (κ3) is 3.02. The van der Waals surface area contributed by atoms with Crippen LogP contribution in [-0.2, 0) is 4.79 Å². The molecule has 1 fully saturated rings. The summed E-state index contributed by atoms with van der Waals surface area (Å²) in [4.78, 5) is 19.0. The van der Waals surface area contributed by atoms with E-state index in [4.69, 9.17) is 0 Å². The number of hydrogen-bond acceptors (Lipinski definition) is 4. The van der Waals surface area contributed by atoms with Crippen molar-refractivity contribution in [1.82, 2.24) is 9.88 Å². The molecule has 1 amide bonds. The minimum atomic E-state index is -0.219. The SMILES string of the molecule is Cc1cccc2sc(NC(C)C(=O)N3CCCCC3)nc12. The normalized spacial score (nSPS) is 17.0. The molecule has 3 rings (SSSR count). The number of thiazole rings is 1. The Hall–Kier alpha value is -1.62. The first kappa shape index (κ1) is 14.3. The molecule has 0 radical (unpaired) electrons. The molecular weight excluding hydrogens is 282 g/mol. The highest BCUT2D eigenvalue weighted by Crippen LogP contribution is 2.28. The number of fused-ring (bicyclic) bond motifs is 1. The second-order valence-electron chi connectivity index (χ2n) is 5.69. The van der Waals surface area contributed by atoms with Gasteiger partial charge in [0.15, 0.2) is 5.13 Å². The van der Waals surface area contributed by atoms with Crippen molar-refractivity contribution in [3.8, 4) is 0 Å². The predicted molar refractivity (Wildman–Crippen MR) is 87.9 cm³/mol. The van der Waals surface area contributed by atoms with Crippen LogP contribution in [0.15, 0.2) is 18.2 Å². The molecule has 5 heteroatoms. The molecule has 0 bridgehead atoms. The van der Waals surface area contributed by atoms with Gasteiger partial charge in [0.25, 0.3) is 0 Å². The highest BCUT2D eigenvalue weighted by Gasteiger charge is 2.22. The fraction of sp³-hybridized carbons (Fsp3) is 0.500. The van der Waals surface area contributed by atoms with Gasteiger partial charge in [0.2, 0.25) is 5.91 Å². The van der Waals surface area contributed by atoms with E-state index in [1.54, 1.807) is 11.3 Å². The molecule has 112 valence electrons. The van der Waals surface area contributed by atoms with Gasteiger partial charge in [0, 0.05) is 13.1 Å². The van der Waals surface area contributed by atoms with Gasteiger partial charge in [0.1, 0.15) is 6.04 Å². The van der Waals surface area contributed by atoms with Crippen LogP contribution in [0.5, 0.6) is 0 Å². The van der Waals surface area contributed by atoms with E-state index in [1.165, 1.54) is 12.0 Å². The van der Waals surface area contributed by atoms with Crippen LogP contribution in [-0.4, -0.2) is 34.9 Å². The van der Waals surface area contributed by atoms with Crippen molar-refractivity contribution in [3.05, 3.63) is 23.8 Å². The molecule has 1 aromatic heterocycles. The summed E-state index contributed by atoms with van der Waals surface area (Å²) in [6, 6.07) is 5.96. The van der Waals surface area contributed by atoms with Gasteiger partial charge in [-0.25, -0.2) is 4.98 Å². The van der Waals surface area contributed by atoms with Gasteiger partial charge in [0.05, 0.1) is 10.2 Å². The molecule has 4 nitrogen and oxygen atoms in total. The smallest absolute Gasteiger partial charge is 0.244 e. The van der Waals surface area contributed by atoms with Crippen molar-refractivity contribution in [3.63, 3.8) is 0 Å². The lowest BCUT2D eigenvalue weighted by Gasteiger charge is -2.29. The number of nitrogens with one attached hydrogen (secondary N) is 1. The number of carbonyl (C=O) groups excluding carboxylic acids is 1. The van der Waals surface area contributed by atoms with Crippen molar-refractivity contribution in [1.29, 1.82) is 0 Å². The molecule has 0 spiro atoms. The van der Waals surface area contributed by atoms with E-state index in [1.807, 2.05) is 17.9 Å². The zero-order valence-corrected chi connectivity index (χ0v) is 13.4. The number of rotatable bonds is 3. The molecule has 21 heavy (non-hydrogen) atoms. The van der Waals surface area contributed by atoms with Crippen molar-refractivity contribution in [2.45, 2.75) is 39.2 Å². The van der Waals surface area contributed by atoms with Gasteiger partial charge < -0.3 is 10.2 Å². The van der Waals surface area contributed by atoms with Crippen LogP contribution in [0.25, 0.3) is 10.2 Å². The van der Waals surface area contributed by atoms with Crippen molar-refractivity contribution >= 4 is 32.6 Å². The summed E-state index contributed by atoms with van der Waals surface area (Å²) in [6.45, 7) is 5.78. The van der Waals surface area contributed by atoms with E-state index in [9.17, 15) is 4.79 Å². The first-order chi connectivity index (χ1) is 10.1. The first-order valence-corrected chi connectivity index (χ1v) is 8.38. The molecule has 1 aliphatic heterocycles. The molecule has 1 unspecified atom stereocenters. The molecule has 0 saturated carbocycles. The van der Waals surface area contributed by atoms with Gasteiger partial charge in [-0.15, -0.1) is 0 Å².